The van der Waals surface area contributed by atoms with E-state index in [2.05, 4.69) is 24.5 Å². The largest absolute Gasteiger partial charge is 0.360 e. The van der Waals surface area contributed by atoms with Crippen molar-refractivity contribution in [2.24, 2.45) is 0 Å². The lowest BCUT2D eigenvalue weighted by Crippen LogP contribution is -2.14. The molecular weight excluding hydrogens is 346 g/mol. The first-order valence-electron chi connectivity index (χ1n) is 8.49. The SMILES string of the molecule is CCC(C)c1ccccc1N/C=C(/C#N)C(=O)Nc1ccc(C)c(Cl)c1. The molecule has 0 aliphatic heterocycles. The molecule has 0 saturated heterocycles. The molecule has 0 bridgehead atoms. The number of para-hydroxylation sites is 1. The van der Waals surface area contributed by atoms with Crippen LogP contribution in [0.25, 0.3) is 0 Å². The number of aryl methyl sites for hydroxylation is 1. The van der Waals surface area contributed by atoms with Crippen molar-refractivity contribution in [3.63, 3.8) is 0 Å². The van der Waals surface area contributed by atoms with E-state index in [9.17, 15) is 10.1 Å². The van der Waals surface area contributed by atoms with Gasteiger partial charge >= 0.3 is 0 Å². The molecule has 1 atom stereocenters. The third-order valence-electron chi connectivity index (χ3n) is 4.27. The second-order valence-corrected chi connectivity index (χ2v) is 6.54. The second kappa shape index (κ2) is 9.07. The zero-order valence-electron chi connectivity index (χ0n) is 15.1. The van der Waals surface area contributed by atoms with Crippen LogP contribution in [-0.4, -0.2) is 5.91 Å². The van der Waals surface area contributed by atoms with E-state index in [1.165, 1.54) is 6.20 Å². The van der Waals surface area contributed by atoms with Gasteiger partial charge in [-0.1, -0.05) is 49.7 Å². The van der Waals surface area contributed by atoms with E-state index in [1.807, 2.05) is 43.3 Å². The number of hydrogen-bond acceptors (Lipinski definition) is 3. The zero-order chi connectivity index (χ0) is 19.1. The van der Waals surface area contributed by atoms with Crippen LogP contribution in [0.2, 0.25) is 5.02 Å². The predicted octanol–water partition coefficient (Wildman–Crippen LogP) is 5.62. The van der Waals surface area contributed by atoms with Gasteiger partial charge in [-0.3, -0.25) is 4.79 Å². The van der Waals surface area contributed by atoms with Crippen molar-refractivity contribution >= 4 is 28.9 Å². The normalized spacial score (nSPS) is 12.2. The molecule has 0 spiro atoms. The van der Waals surface area contributed by atoms with E-state index in [4.69, 9.17) is 11.6 Å². The maximum atomic E-state index is 12.4. The van der Waals surface area contributed by atoms with Crippen molar-refractivity contribution in [2.75, 3.05) is 10.6 Å². The molecule has 0 radical (unpaired) electrons. The number of rotatable bonds is 6. The summed E-state index contributed by atoms with van der Waals surface area (Å²) >= 11 is 6.07. The molecule has 2 aromatic rings. The number of carbonyl (C=O) groups is 1. The maximum Gasteiger partial charge on any atom is 0.267 e. The Kier molecular flexibility index (Phi) is 6.82. The van der Waals surface area contributed by atoms with Crippen molar-refractivity contribution in [1.82, 2.24) is 0 Å². The van der Waals surface area contributed by atoms with Gasteiger partial charge in [0.15, 0.2) is 0 Å². The van der Waals surface area contributed by atoms with Crippen molar-refractivity contribution in [3.05, 3.63) is 70.4 Å². The Morgan fingerprint density at radius 3 is 2.69 bits per heavy atom. The topological polar surface area (TPSA) is 64.9 Å². The average molecular weight is 368 g/mol. The van der Waals surface area contributed by atoms with Gasteiger partial charge in [0.05, 0.1) is 0 Å². The van der Waals surface area contributed by atoms with Gasteiger partial charge in [-0.25, -0.2) is 0 Å². The molecule has 0 aromatic heterocycles. The van der Waals surface area contributed by atoms with Gasteiger partial charge in [-0.05, 0) is 48.6 Å². The zero-order valence-corrected chi connectivity index (χ0v) is 15.9. The van der Waals surface area contributed by atoms with Crippen LogP contribution in [-0.2, 0) is 4.79 Å². The fraction of sp³-hybridized carbons (Fsp3) is 0.238. The third kappa shape index (κ3) is 4.87. The molecule has 2 rings (SSSR count). The number of anilines is 2. The van der Waals surface area contributed by atoms with Crippen molar-refractivity contribution in [1.29, 1.82) is 5.26 Å². The van der Waals surface area contributed by atoms with Crippen molar-refractivity contribution in [3.8, 4) is 6.07 Å². The van der Waals surface area contributed by atoms with E-state index in [0.29, 0.717) is 16.6 Å². The van der Waals surface area contributed by atoms with E-state index >= 15 is 0 Å². The molecule has 2 N–H and O–H groups in total. The highest BCUT2D eigenvalue weighted by atomic mass is 35.5. The minimum atomic E-state index is -0.485. The Labute approximate surface area is 159 Å². The monoisotopic (exact) mass is 367 g/mol. The van der Waals surface area contributed by atoms with Crippen LogP contribution in [0.1, 0.15) is 37.3 Å². The van der Waals surface area contributed by atoms with Crippen LogP contribution in [0.15, 0.2) is 54.2 Å². The van der Waals surface area contributed by atoms with Gasteiger partial charge in [0.1, 0.15) is 11.6 Å². The lowest BCUT2D eigenvalue weighted by Gasteiger charge is -2.14. The van der Waals surface area contributed by atoms with Gasteiger partial charge < -0.3 is 10.6 Å². The standard InChI is InChI=1S/C21H22ClN3O/c1-4-14(2)18-7-5-6-8-20(18)24-13-16(12-23)21(26)25-17-10-9-15(3)19(22)11-17/h5-11,13-14,24H,4H2,1-3H3,(H,25,26)/b16-13-. The van der Waals surface area contributed by atoms with Gasteiger partial charge in [0.25, 0.3) is 5.91 Å². The molecule has 4 nitrogen and oxygen atoms in total. The molecule has 26 heavy (non-hydrogen) atoms. The number of nitriles is 1. The second-order valence-electron chi connectivity index (χ2n) is 6.13. The highest BCUT2D eigenvalue weighted by molar-refractivity contribution is 6.31. The molecule has 0 aliphatic rings. The minimum absolute atomic E-state index is 0.0133. The molecular formula is C21H22ClN3O. The Hall–Kier alpha value is -2.77. The summed E-state index contributed by atoms with van der Waals surface area (Å²) in [7, 11) is 0. The summed E-state index contributed by atoms with van der Waals surface area (Å²) in [4.78, 5) is 12.4. The van der Waals surface area contributed by atoms with Gasteiger partial charge in [0.2, 0.25) is 0 Å². The Balaban J connectivity index is 2.16. The number of hydrogen-bond donors (Lipinski definition) is 2. The van der Waals surface area contributed by atoms with Crippen LogP contribution >= 0.6 is 11.6 Å². The third-order valence-corrected chi connectivity index (χ3v) is 4.68. The van der Waals surface area contributed by atoms with E-state index in [-0.39, 0.29) is 5.57 Å². The molecule has 0 aliphatic carbocycles. The number of nitrogens with one attached hydrogen (secondary N) is 2. The lowest BCUT2D eigenvalue weighted by molar-refractivity contribution is -0.112. The number of halogens is 1. The van der Waals surface area contributed by atoms with Crippen molar-refractivity contribution < 1.29 is 4.79 Å². The van der Waals surface area contributed by atoms with E-state index in [0.717, 1.165) is 23.2 Å². The minimum Gasteiger partial charge on any atom is -0.360 e. The first-order chi connectivity index (χ1) is 12.5. The van der Waals surface area contributed by atoms with Gasteiger partial charge in [0, 0.05) is 22.6 Å². The quantitative estimate of drug-likeness (QED) is 0.514. The first-order valence-corrected chi connectivity index (χ1v) is 8.87. The van der Waals surface area contributed by atoms with Gasteiger partial charge in [-0.2, -0.15) is 5.26 Å². The van der Waals surface area contributed by atoms with E-state index in [1.54, 1.807) is 12.1 Å². The first kappa shape index (κ1) is 19.6. The summed E-state index contributed by atoms with van der Waals surface area (Å²) in [6.07, 6.45) is 2.44. The number of benzene rings is 2. The molecule has 5 heteroatoms. The smallest absolute Gasteiger partial charge is 0.267 e. The fourth-order valence-electron chi connectivity index (χ4n) is 2.45. The summed E-state index contributed by atoms with van der Waals surface area (Å²) in [5.74, 6) is -0.109. The molecule has 1 amide bonds. The van der Waals surface area contributed by atoms with Crippen LogP contribution in [0.3, 0.4) is 0 Å². The summed E-state index contributed by atoms with van der Waals surface area (Å²) in [6, 6.07) is 15.0. The maximum absolute atomic E-state index is 12.4. The summed E-state index contributed by atoms with van der Waals surface area (Å²) in [5.41, 5.74) is 3.49. The number of nitrogens with zero attached hydrogens (tertiary/aromatic N) is 1. The molecule has 2 aromatic carbocycles. The van der Waals surface area contributed by atoms with Gasteiger partial charge in [-0.15, -0.1) is 0 Å². The fourth-order valence-corrected chi connectivity index (χ4v) is 2.63. The molecule has 1 unspecified atom stereocenters. The highest BCUT2D eigenvalue weighted by Crippen LogP contribution is 2.26. The van der Waals surface area contributed by atoms with Crippen LogP contribution < -0.4 is 10.6 Å². The summed E-state index contributed by atoms with van der Waals surface area (Å²) in [6.45, 7) is 6.15. The van der Waals surface area contributed by atoms with Crippen LogP contribution in [0.4, 0.5) is 11.4 Å². The summed E-state index contributed by atoms with van der Waals surface area (Å²) < 4.78 is 0. The Bertz CT molecular complexity index is 868. The van der Waals surface area contributed by atoms with Crippen LogP contribution in [0.5, 0.6) is 0 Å². The number of amides is 1. The lowest BCUT2D eigenvalue weighted by atomic mass is 9.97. The summed E-state index contributed by atoms with van der Waals surface area (Å²) in [5, 5.41) is 15.7. The van der Waals surface area contributed by atoms with Crippen LogP contribution in [0, 0.1) is 18.3 Å². The number of carbonyl (C=O) groups excluding carboxylic acids is 1. The van der Waals surface area contributed by atoms with E-state index < -0.39 is 5.91 Å². The molecule has 0 saturated carbocycles. The molecule has 0 heterocycles. The highest BCUT2D eigenvalue weighted by Gasteiger charge is 2.12. The Morgan fingerprint density at radius 1 is 1.31 bits per heavy atom. The predicted molar refractivity (Wildman–Crippen MR) is 107 cm³/mol. The average Bonchev–Trinajstić information content (AvgIpc) is 2.65. The molecule has 0 fully saturated rings. The molecule has 134 valence electrons. The Morgan fingerprint density at radius 2 is 2.04 bits per heavy atom. The van der Waals surface area contributed by atoms with Crippen molar-refractivity contribution in [2.45, 2.75) is 33.1 Å².